The van der Waals surface area contributed by atoms with E-state index in [-0.39, 0.29) is 6.04 Å². The molecule has 0 saturated heterocycles. The SMILES string of the molecule is CCc1ccccc1CN1CCCn2cccc2[C@@H]1c1cccc(OC)c1. The lowest BCUT2D eigenvalue weighted by molar-refractivity contribution is 0.219. The number of nitrogens with zero attached hydrogens (tertiary/aromatic N) is 2. The van der Waals surface area contributed by atoms with Gasteiger partial charge in [-0.1, -0.05) is 43.3 Å². The number of rotatable bonds is 5. The fourth-order valence-electron chi connectivity index (χ4n) is 4.28. The zero-order valence-electron chi connectivity index (χ0n) is 16.3. The first-order valence-corrected chi connectivity index (χ1v) is 9.90. The molecule has 0 bridgehead atoms. The molecule has 0 fully saturated rings. The molecular formula is C24H28N2O. The van der Waals surface area contributed by atoms with Crippen LogP contribution in [0.2, 0.25) is 0 Å². The Morgan fingerprint density at radius 3 is 2.63 bits per heavy atom. The van der Waals surface area contributed by atoms with Gasteiger partial charge < -0.3 is 9.30 Å². The molecule has 1 aliphatic heterocycles. The summed E-state index contributed by atoms with van der Waals surface area (Å²) < 4.78 is 7.92. The molecule has 0 amide bonds. The maximum Gasteiger partial charge on any atom is 0.119 e. The van der Waals surface area contributed by atoms with Crippen molar-refractivity contribution in [1.82, 2.24) is 9.47 Å². The maximum atomic E-state index is 5.51. The monoisotopic (exact) mass is 360 g/mol. The fraction of sp³-hybridized carbons (Fsp3) is 0.333. The largest absolute Gasteiger partial charge is 0.497 e. The first-order chi connectivity index (χ1) is 13.3. The molecule has 2 heterocycles. The van der Waals surface area contributed by atoms with Crippen molar-refractivity contribution in [2.75, 3.05) is 13.7 Å². The second kappa shape index (κ2) is 8.01. The molecule has 3 nitrogen and oxygen atoms in total. The van der Waals surface area contributed by atoms with Gasteiger partial charge in [0, 0.05) is 31.5 Å². The van der Waals surface area contributed by atoms with Crippen LogP contribution in [0.5, 0.6) is 5.75 Å². The zero-order chi connectivity index (χ0) is 18.6. The van der Waals surface area contributed by atoms with Crippen molar-refractivity contribution >= 4 is 0 Å². The molecule has 3 aromatic rings. The van der Waals surface area contributed by atoms with Crippen LogP contribution in [-0.4, -0.2) is 23.1 Å². The maximum absolute atomic E-state index is 5.51. The Kier molecular flexibility index (Phi) is 5.30. The molecule has 3 heteroatoms. The minimum atomic E-state index is 0.238. The van der Waals surface area contributed by atoms with Gasteiger partial charge in [0.05, 0.1) is 13.2 Å². The second-order valence-electron chi connectivity index (χ2n) is 7.25. The normalized spacial score (nSPS) is 17.3. The molecule has 1 aliphatic rings. The van der Waals surface area contributed by atoms with Crippen LogP contribution in [0.15, 0.2) is 66.9 Å². The molecule has 0 spiro atoms. The van der Waals surface area contributed by atoms with E-state index in [4.69, 9.17) is 4.74 Å². The van der Waals surface area contributed by atoms with Gasteiger partial charge in [-0.15, -0.1) is 0 Å². The van der Waals surface area contributed by atoms with E-state index in [1.54, 1.807) is 7.11 Å². The molecule has 0 saturated carbocycles. The Morgan fingerprint density at radius 2 is 1.81 bits per heavy atom. The topological polar surface area (TPSA) is 17.4 Å². The summed E-state index contributed by atoms with van der Waals surface area (Å²) in [4.78, 5) is 2.63. The molecule has 2 aromatic carbocycles. The predicted octanol–water partition coefficient (Wildman–Crippen LogP) is 5.05. The number of fused-ring (bicyclic) bond motifs is 1. The van der Waals surface area contributed by atoms with Crippen molar-refractivity contribution in [3.8, 4) is 5.75 Å². The third-order valence-electron chi connectivity index (χ3n) is 5.64. The second-order valence-corrected chi connectivity index (χ2v) is 7.25. The zero-order valence-corrected chi connectivity index (χ0v) is 16.3. The van der Waals surface area contributed by atoms with E-state index in [1.807, 2.05) is 6.07 Å². The molecule has 0 unspecified atom stereocenters. The molecule has 1 atom stereocenters. The van der Waals surface area contributed by atoms with Gasteiger partial charge in [0.2, 0.25) is 0 Å². The van der Waals surface area contributed by atoms with Crippen molar-refractivity contribution < 1.29 is 4.74 Å². The van der Waals surface area contributed by atoms with Crippen molar-refractivity contribution in [1.29, 1.82) is 0 Å². The lowest BCUT2D eigenvalue weighted by atomic mass is 9.99. The summed E-state index contributed by atoms with van der Waals surface area (Å²) in [5, 5.41) is 0. The summed E-state index contributed by atoms with van der Waals surface area (Å²) in [7, 11) is 1.74. The van der Waals surface area contributed by atoms with Gasteiger partial charge in [-0.05, 0) is 53.8 Å². The summed E-state index contributed by atoms with van der Waals surface area (Å²) >= 11 is 0. The lowest BCUT2D eigenvalue weighted by Crippen LogP contribution is -2.30. The molecule has 0 aliphatic carbocycles. The number of hydrogen-bond donors (Lipinski definition) is 0. The van der Waals surface area contributed by atoms with Crippen LogP contribution in [0.1, 0.15) is 41.8 Å². The van der Waals surface area contributed by atoms with Gasteiger partial charge in [0.1, 0.15) is 5.75 Å². The van der Waals surface area contributed by atoms with E-state index in [9.17, 15) is 0 Å². The summed E-state index contributed by atoms with van der Waals surface area (Å²) in [6.45, 7) is 5.37. The van der Waals surface area contributed by atoms with E-state index >= 15 is 0 Å². The lowest BCUT2D eigenvalue weighted by Gasteiger charge is -2.31. The van der Waals surface area contributed by atoms with Crippen LogP contribution in [0.4, 0.5) is 0 Å². The average Bonchev–Trinajstić information content (AvgIpc) is 3.09. The molecule has 27 heavy (non-hydrogen) atoms. The number of ether oxygens (including phenoxy) is 1. The van der Waals surface area contributed by atoms with Crippen LogP contribution in [0.3, 0.4) is 0 Å². The van der Waals surface area contributed by atoms with Crippen molar-refractivity contribution in [2.45, 2.75) is 38.9 Å². The highest BCUT2D eigenvalue weighted by Crippen LogP contribution is 2.34. The molecule has 0 N–H and O–H groups in total. The summed E-state index contributed by atoms with van der Waals surface area (Å²) in [6.07, 6.45) is 4.45. The standard InChI is InChI=1S/C24H28N2O/c1-3-19-9-4-5-10-21(19)18-26-16-8-15-25-14-7-13-23(25)24(26)20-11-6-12-22(17-20)27-2/h4-7,9-14,17,24H,3,8,15-16,18H2,1-2H3/t24-/m0/s1. The van der Waals surface area contributed by atoms with Gasteiger partial charge in [-0.3, -0.25) is 4.90 Å². The Labute approximate surface area is 162 Å². The van der Waals surface area contributed by atoms with Crippen molar-refractivity contribution in [3.63, 3.8) is 0 Å². The van der Waals surface area contributed by atoms with Crippen LogP contribution in [-0.2, 0) is 19.5 Å². The fourth-order valence-corrected chi connectivity index (χ4v) is 4.28. The summed E-state index contributed by atoms with van der Waals surface area (Å²) in [5.41, 5.74) is 5.55. The minimum Gasteiger partial charge on any atom is -0.497 e. The summed E-state index contributed by atoms with van der Waals surface area (Å²) in [5.74, 6) is 0.920. The van der Waals surface area contributed by atoms with E-state index in [0.717, 1.165) is 38.2 Å². The van der Waals surface area contributed by atoms with Gasteiger partial charge in [0.15, 0.2) is 0 Å². The predicted molar refractivity (Wildman–Crippen MR) is 110 cm³/mol. The quantitative estimate of drug-likeness (QED) is 0.633. The van der Waals surface area contributed by atoms with E-state index in [0.29, 0.717) is 0 Å². The molecule has 1 aromatic heterocycles. The highest BCUT2D eigenvalue weighted by atomic mass is 16.5. The third kappa shape index (κ3) is 3.65. The van der Waals surface area contributed by atoms with Crippen molar-refractivity contribution in [3.05, 3.63) is 89.2 Å². The highest BCUT2D eigenvalue weighted by molar-refractivity contribution is 5.36. The van der Waals surface area contributed by atoms with Gasteiger partial charge in [-0.2, -0.15) is 0 Å². The van der Waals surface area contributed by atoms with E-state index in [1.165, 1.54) is 22.4 Å². The van der Waals surface area contributed by atoms with Crippen LogP contribution >= 0.6 is 0 Å². The number of hydrogen-bond acceptors (Lipinski definition) is 2. The van der Waals surface area contributed by atoms with E-state index in [2.05, 4.69) is 77.2 Å². The number of benzene rings is 2. The Bertz CT molecular complexity index is 899. The first-order valence-electron chi connectivity index (χ1n) is 9.90. The Hall–Kier alpha value is -2.52. The van der Waals surface area contributed by atoms with Crippen LogP contribution in [0.25, 0.3) is 0 Å². The van der Waals surface area contributed by atoms with Crippen LogP contribution < -0.4 is 4.74 Å². The minimum absolute atomic E-state index is 0.238. The molecule has 0 radical (unpaired) electrons. The number of methoxy groups -OCH3 is 1. The van der Waals surface area contributed by atoms with Gasteiger partial charge >= 0.3 is 0 Å². The Morgan fingerprint density at radius 1 is 0.963 bits per heavy atom. The molecule has 140 valence electrons. The smallest absolute Gasteiger partial charge is 0.119 e. The molecular weight excluding hydrogens is 332 g/mol. The Balaban J connectivity index is 1.76. The van der Waals surface area contributed by atoms with Gasteiger partial charge in [0.25, 0.3) is 0 Å². The van der Waals surface area contributed by atoms with E-state index < -0.39 is 0 Å². The highest BCUT2D eigenvalue weighted by Gasteiger charge is 2.28. The number of aryl methyl sites for hydroxylation is 2. The average molecular weight is 361 g/mol. The first kappa shape index (κ1) is 17.9. The van der Waals surface area contributed by atoms with Crippen molar-refractivity contribution in [2.24, 2.45) is 0 Å². The van der Waals surface area contributed by atoms with Gasteiger partial charge in [-0.25, -0.2) is 0 Å². The number of aromatic nitrogens is 1. The molecule has 4 rings (SSSR count). The third-order valence-corrected chi connectivity index (χ3v) is 5.64. The van der Waals surface area contributed by atoms with Crippen LogP contribution in [0, 0.1) is 0 Å². The summed E-state index contributed by atoms with van der Waals surface area (Å²) in [6, 6.07) is 22.1.